The van der Waals surface area contributed by atoms with E-state index in [-0.39, 0.29) is 30.3 Å². The van der Waals surface area contributed by atoms with E-state index in [9.17, 15) is 15.0 Å². The Hall–Kier alpha value is -2.06. The quantitative estimate of drug-likeness (QED) is 0.413. The van der Waals surface area contributed by atoms with E-state index in [4.69, 9.17) is 9.47 Å². The summed E-state index contributed by atoms with van der Waals surface area (Å²) in [5, 5.41) is 23.4. The van der Waals surface area contributed by atoms with Crippen LogP contribution < -0.4 is 10.1 Å². The molecule has 1 heterocycles. The van der Waals surface area contributed by atoms with Gasteiger partial charge in [-0.15, -0.1) is 0 Å². The summed E-state index contributed by atoms with van der Waals surface area (Å²) in [5.41, 5.74) is 4.13. The van der Waals surface area contributed by atoms with E-state index in [1.807, 2.05) is 43.8 Å². The minimum Gasteiger partial charge on any atom is -0.488 e. The molecule has 5 atom stereocenters. The Morgan fingerprint density at radius 3 is 2.68 bits per heavy atom. The Balaban J connectivity index is 1.25. The van der Waals surface area contributed by atoms with Crippen LogP contribution in [0.5, 0.6) is 5.75 Å². The first kappa shape index (κ1) is 25.0. The molecule has 0 aromatic heterocycles. The Labute approximate surface area is 206 Å². The van der Waals surface area contributed by atoms with Crippen molar-refractivity contribution in [3.8, 4) is 5.75 Å². The summed E-state index contributed by atoms with van der Waals surface area (Å²) in [7, 11) is 0. The fraction of sp³-hybridized carbons (Fsp3) is 0.519. The average molecular weight is 486 g/mol. The van der Waals surface area contributed by atoms with E-state index in [0.29, 0.717) is 6.54 Å². The van der Waals surface area contributed by atoms with Crippen molar-refractivity contribution in [2.24, 2.45) is 5.92 Å². The number of fused-ring (bicyclic) bond motifs is 3. The summed E-state index contributed by atoms with van der Waals surface area (Å²) in [6.45, 7) is 8.84. The molecule has 1 saturated carbocycles. The first-order valence-electron chi connectivity index (χ1n) is 11.9. The lowest BCUT2D eigenvalue weighted by molar-refractivity contribution is -0.139. The lowest BCUT2D eigenvalue weighted by Gasteiger charge is -2.28. The lowest BCUT2D eigenvalue weighted by atomic mass is 9.95. The number of carboxylic acids is 1. The molecular weight excluding hydrogens is 450 g/mol. The number of aliphatic hydroxyl groups is 1. The molecule has 1 fully saturated rings. The Morgan fingerprint density at radius 2 is 1.97 bits per heavy atom. The molecule has 1 unspecified atom stereocenters. The van der Waals surface area contributed by atoms with Crippen LogP contribution in [0, 0.1) is 12.8 Å². The van der Waals surface area contributed by atoms with E-state index >= 15 is 0 Å². The third-order valence-corrected chi connectivity index (χ3v) is 8.08. The van der Waals surface area contributed by atoms with Crippen molar-refractivity contribution in [1.82, 2.24) is 5.32 Å². The van der Waals surface area contributed by atoms with Crippen LogP contribution in [-0.4, -0.2) is 52.8 Å². The van der Waals surface area contributed by atoms with Gasteiger partial charge in [0.2, 0.25) is 0 Å². The second-order valence-corrected chi connectivity index (χ2v) is 11.0. The third-order valence-electron chi connectivity index (χ3n) is 6.62. The summed E-state index contributed by atoms with van der Waals surface area (Å²) < 4.78 is 12.0. The highest BCUT2D eigenvalue weighted by Gasteiger charge is 2.64. The SMILES string of the molecule is Cc1ccc([C@@H](C)OCC(O)CNC(C)(C)CSCc2ccccc2)c2c1O[C@@H]1[C@@H](C(=O)O)[C@H]21. The van der Waals surface area contributed by atoms with Crippen molar-refractivity contribution in [2.45, 2.75) is 63.2 Å². The van der Waals surface area contributed by atoms with Crippen molar-refractivity contribution in [1.29, 1.82) is 0 Å². The highest BCUT2D eigenvalue weighted by molar-refractivity contribution is 7.98. The molecule has 2 aliphatic rings. The molecule has 0 radical (unpaired) electrons. The monoisotopic (exact) mass is 485 g/mol. The van der Waals surface area contributed by atoms with Gasteiger partial charge in [-0.2, -0.15) is 11.8 Å². The van der Waals surface area contributed by atoms with Crippen molar-refractivity contribution in [3.63, 3.8) is 0 Å². The maximum atomic E-state index is 11.5. The second-order valence-electron chi connectivity index (χ2n) is 10.1. The molecule has 1 aliphatic carbocycles. The van der Waals surface area contributed by atoms with Gasteiger partial charge in [-0.05, 0) is 44.4 Å². The maximum absolute atomic E-state index is 11.5. The standard InChI is InChI=1S/C27H35NO5S/c1-16-10-11-20(21-22-23(26(30)31)25(22)33-24(16)21)17(2)32-13-19(29)12-28-27(3,4)15-34-14-18-8-6-5-7-9-18/h5-11,17,19,22-23,25,28-29H,12-15H2,1-4H3,(H,30,31)/t17-,19?,22+,23+,25+/m1/s1. The first-order chi connectivity index (χ1) is 16.2. The van der Waals surface area contributed by atoms with E-state index in [2.05, 4.69) is 43.4 Å². The highest BCUT2D eigenvalue weighted by Crippen LogP contribution is 2.61. The molecule has 0 amide bonds. The molecule has 3 N–H and O–H groups in total. The zero-order chi connectivity index (χ0) is 24.5. The van der Waals surface area contributed by atoms with Gasteiger partial charge in [-0.1, -0.05) is 42.5 Å². The summed E-state index contributed by atoms with van der Waals surface area (Å²) in [6.07, 6.45) is -1.18. The van der Waals surface area contributed by atoms with E-state index in [1.54, 1.807) is 0 Å². The predicted molar refractivity (Wildman–Crippen MR) is 135 cm³/mol. The lowest BCUT2D eigenvalue weighted by Crippen LogP contribution is -2.46. The number of aliphatic hydroxyl groups excluding tert-OH is 1. The predicted octanol–water partition coefficient (Wildman–Crippen LogP) is 4.29. The zero-order valence-corrected chi connectivity index (χ0v) is 21.1. The largest absolute Gasteiger partial charge is 0.488 e. The molecule has 7 heteroatoms. The molecule has 184 valence electrons. The number of rotatable bonds is 12. The fourth-order valence-electron chi connectivity index (χ4n) is 4.63. The van der Waals surface area contributed by atoms with Crippen molar-refractivity contribution >= 4 is 17.7 Å². The van der Waals surface area contributed by atoms with Gasteiger partial charge < -0.3 is 25.0 Å². The smallest absolute Gasteiger partial charge is 0.311 e. The number of carbonyl (C=O) groups is 1. The molecule has 2 aromatic rings. The molecule has 0 spiro atoms. The van der Waals surface area contributed by atoms with Gasteiger partial charge in [0, 0.05) is 35.1 Å². The van der Waals surface area contributed by atoms with Crippen LogP contribution >= 0.6 is 11.8 Å². The van der Waals surface area contributed by atoms with Gasteiger partial charge in [-0.25, -0.2) is 0 Å². The van der Waals surface area contributed by atoms with Crippen molar-refractivity contribution < 1.29 is 24.5 Å². The molecule has 6 nitrogen and oxygen atoms in total. The molecule has 0 bridgehead atoms. The third kappa shape index (κ3) is 5.60. The number of hydrogen-bond acceptors (Lipinski definition) is 6. The van der Waals surface area contributed by atoms with Gasteiger partial charge in [0.25, 0.3) is 0 Å². The summed E-state index contributed by atoms with van der Waals surface area (Å²) in [6, 6.07) is 14.4. The number of aliphatic carboxylic acids is 1. The minimum atomic E-state index is -0.812. The Kier molecular flexibility index (Phi) is 7.57. The van der Waals surface area contributed by atoms with Gasteiger partial charge in [0.05, 0.1) is 18.8 Å². The van der Waals surface area contributed by atoms with Crippen molar-refractivity contribution in [2.75, 3.05) is 18.9 Å². The fourth-order valence-corrected chi connectivity index (χ4v) is 5.77. The first-order valence-corrected chi connectivity index (χ1v) is 13.0. The van der Waals surface area contributed by atoms with Gasteiger partial charge in [-0.3, -0.25) is 4.79 Å². The molecule has 2 aromatic carbocycles. The van der Waals surface area contributed by atoms with Gasteiger partial charge in [0.1, 0.15) is 17.8 Å². The average Bonchev–Trinajstić information content (AvgIpc) is 3.39. The Bertz CT molecular complexity index is 1010. The number of carboxylic acid groups (broad SMARTS) is 1. The highest BCUT2D eigenvalue weighted by atomic mass is 32.2. The van der Waals surface area contributed by atoms with Crippen LogP contribution in [0.4, 0.5) is 0 Å². The normalized spacial score (nSPS) is 22.4. The maximum Gasteiger partial charge on any atom is 0.311 e. The van der Waals surface area contributed by atoms with Crippen molar-refractivity contribution in [3.05, 3.63) is 64.7 Å². The van der Waals surface area contributed by atoms with Crippen LogP contribution in [0.3, 0.4) is 0 Å². The number of aryl methyl sites for hydroxylation is 1. The van der Waals surface area contributed by atoms with E-state index in [1.165, 1.54) is 5.56 Å². The second kappa shape index (κ2) is 10.3. The number of nitrogens with one attached hydrogen (secondary N) is 1. The topological polar surface area (TPSA) is 88.0 Å². The number of hydrogen-bond donors (Lipinski definition) is 3. The number of benzene rings is 2. The number of β-amino-alcohol motifs (C(OH)–C–C–N with tert-alkyl or cyclic N) is 1. The van der Waals surface area contributed by atoms with Gasteiger partial charge in [0.15, 0.2) is 0 Å². The van der Waals surface area contributed by atoms with E-state index < -0.39 is 18.0 Å². The van der Waals surface area contributed by atoms with Crippen LogP contribution in [0.2, 0.25) is 0 Å². The van der Waals surface area contributed by atoms with Crippen LogP contribution in [-0.2, 0) is 15.3 Å². The molecule has 4 rings (SSSR count). The van der Waals surface area contributed by atoms with Crippen LogP contribution in [0.15, 0.2) is 42.5 Å². The molecular formula is C27H35NO5S. The number of thioether (sulfide) groups is 1. The van der Waals surface area contributed by atoms with E-state index in [0.717, 1.165) is 33.9 Å². The zero-order valence-electron chi connectivity index (χ0n) is 20.3. The minimum absolute atomic E-state index is 0.103. The summed E-state index contributed by atoms with van der Waals surface area (Å²) in [5.74, 6) is 1.30. The van der Waals surface area contributed by atoms with Crippen LogP contribution in [0.1, 0.15) is 55.0 Å². The summed E-state index contributed by atoms with van der Waals surface area (Å²) >= 11 is 1.87. The van der Waals surface area contributed by atoms with Gasteiger partial charge >= 0.3 is 5.97 Å². The molecule has 1 aliphatic heterocycles. The molecule has 0 saturated heterocycles. The Morgan fingerprint density at radius 1 is 1.24 bits per heavy atom. The summed E-state index contributed by atoms with van der Waals surface area (Å²) in [4.78, 5) is 11.5. The molecule has 34 heavy (non-hydrogen) atoms. The van der Waals surface area contributed by atoms with Crippen LogP contribution in [0.25, 0.3) is 0 Å². The number of ether oxygens (including phenoxy) is 2.